The van der Waals surface area contributed by atoms with E-state index in [9.17, 15) is 13.2 Å². The van der Waals surface area contributed by atoms with Crippen LogP contribution in [0.25, 0.3) is 11.4 Å². The Morgan fingerprint density at radius 1 is 1.25 bits per heavy atom. The van der Waals surface area contributed by atoms with Gasteiger partial charge in [0.25, 0.3) is 0 Å². The minimum absolute atomic E-state index is 0.0213. The van der Waals surface area contributed by atoms with Crippen LogP contribution in [0.2, 0.25) is 0 Å². The zero-order chi connectivity index (χ0) is 11.8. The summed E-state index contributed by atoms with van der Waals surface area (Å²) in [6.45, 7) is 1.34. The van der Waals surface area contributed by atoms with Gasteiger partial charge in [0.1, 0.15) is 17.1 Å². The third-order valence-corrected chi connectivity index (χ3v) is 2.10. The number of aromatic nitrogens is 4. The highest BCUT2D eigenvalue weighted by Crippen LogP contribution is 2.33. The minimum atomic E-state index is -4.43. The van der Waals surface area contributed by atoms with Crippen LogP contribution in [0, 0.1) is 6.92 Å². The molecule has 4 nitrogen and oxygen atoms in total. The summed E-state index contributed by atoms with van der Waals surface area (Å²) in [6.07, 6.45) is -0.228. The number of rotatable bonds is 1. The van der Waals surface area contributed by atoms with Gasteiger partial charge < -0.3 is 0 Å². The van der Waals surface area contributed by atoms with Crippen molar-refractivity contribution in [3.63, 3.8) is 0 Å². The number of aromatic amines is 1. The largest absolute Gasteiger partial charge is 0.433 e. The van der Waals surface area contributed by atoms with Crippen LogP contribution < -0.4 is 0 Å². The van der Waals surface area contributed by atoms with Crippen molar-refractivity contribution in [2.24, 2.45) is 0 Å². The third kappa shape index (κ3) is 1.75. The van der Waals surface area contributed by atoms with Crippen molar-refractivity contribution in [1.82, 2.24) is 20.2 Å². The van der Waals surface area contributed by atoms with Crippen molar-refractivity contribution in [1.29, 1.82) is 0 Å². The second kappa shape index (κ2) is 3.58. The topological polar surface area (TPSA) is 54.5 Å². The number of alkyl halides is 3. The van der Waals surface area contributed by atoms with Gasteiger partial charge in [-0.15, -0.1) is 0 Å². The van der Waals surface area contributed by atoms with Crippen molar-refractivity contribution in [3.05, 3.63) is 29.8 Å². The maximum atomic E-state index is 12.5. The molecule has 0 aromatic carbocycles. The summed E-state index contributed by atoms with van der Waals surface area (Å²) in [7, 11) is 0. The standard InChI is InChI=1S/C9H7F3N4/c1-5-7(6-4-13-2-3-14-6)15-16-8(5)9(10,11)12/h2-4H,1H3,(H,15,16). The van der Waals surface area contributed by atoms with Gasteiger partial charge in [-0.1, -0.05) is 0 Å². The molecule has 0 amide bonds. The number of nitrogens with zero attached hydrogens (tertiary/aromatic N) is 3. The summed E-state index contributed by atoms with van der Waals surface area (Å²) in [6, 6.07) is 0. The fraction of sp³-hybridized carbons (Fsp3) is 0.222. The van der Waals surface area contributed by atoms with E-state index in [-0.39, 0.29) is 11.3 Å². The lowest BCUT2D eigenvalue weighted by molar-refractivity contribution is -0.141. The smallest absolute Gasteiger partial charge is 0.273 e. The van der Waals surface area contributed by atoms with Crippen molar-refractivity contribution in [2.45, 2.75) is 13.1 Å². The average Bonchev–Trinajstić information content (AvgIpc) is 2.61. The van der Waals surface area contributed by atoms with E-state index in [1.165, 1.54) is 25.5 Å². The first-order valence-electron chi connectivity index (χ1n) is 4.38. The Morgan fingerprint density at radius 3 is 2.50 bits per heavy atom. The molecule has 2 aromatic heterocycles. The van der Waals surface area contributed by atoms with Gasteiger partial charge in [0.2, 0.25) is 0 Å². The molecule has 7 heteroatoms. The number of hydrogen-bond acceptors (Lipinski definition) is 3. The van der Waals surface area contributed by atoms with Crippen molar-refractivity contribution >= 4 is 0 Å². The van der Waals surface area contributed by atoms with E-state index in [0.717, 1.165) is 0 Å². The molecule has 0 aliphatic rings. The highest BCUT2D eigenvalue weighted by molar-refractivity contribution is 5.58. The number of hydrogen-bond donors (Lipinski definition) is 1. The molecule has 0 bridgehead atoms. The molecule has 2 rings (SSSR count). The molecule has 0 unspecified atom stereocenters. The summed E-state index contributed by atoms with van der Waals surface area (Å²) in [5.74, 6) is 0. The molecular weight excluding hydrogens is 221 g/mol. The molecule has 0 aliphatic heterocycles. The molecule has 0 saturated heterocycles. The maximum absolute atomic E-state index is 12.5. The van der Waals surface area contributed by atoms with E-state index in [0.29, 0.717) is 5.69 Å². The summed E-state index contributed by atoms with van der Waals surface area (Å²) in [5, 5.41) is 5.57. The van der Waals surface area contributed by atoms with Crippen LogP contribution in [0.4, 0.5) is 13.2 Å². The van der Waals surface area contributed by atoms with Crippen LogP contribution in [0.5, 0.6) is 0 Å². The predicted octanol–water partition coefficient (Wildman–Crippen LogP) is 2.19. The van der Waals surface area contributed by atoms with E-state index < -0.39 is 11.9 Å². The Kier molecular flexibility index (Phi) is 2.37. The van der Waals surface area contributed by atoms with Gasteiger partial charge in [-0.2, -0.15) is 18.3 Å². The molecule has 0 radical (unpaired) electrons. The van der Waals surface area contributed by atoms with Crippen LogP contribution in [0.1, 0.15) is 11.3 Å². The highest BCUT2D eigenvalue weighted by atomic mass is 19.4. The maximum Gasteiger partial charge on any atom is 0.433 e. The Hall–Kier alpha value is -1.92. The number of H-pyrrole nitrogens is 1. The fourth-order valence-corrected chi connectivity index (χ4v) is 1.34. The minimum Gasteiger partial charge on any atom is -0.273 e. The molecule has 0 spiro atoms. The van der Waals surface area contributed by atoms with Crippen LogP contribution >= 0.6 is 0 Å². The Labute approximate surface area is 88.6 Å². The molecule has 2 heterocycles. The summed E-state index contributed by atoms with van der Waals surface area (Å²) in [5.41, 5.74) is -0.353. The quantitative estimate of drug-likeness (QED) is 0.813. The van der Waals surface area contributed by atoms with E-state index in [2.05, 4.69) is 15.1 Å². The molecule has 16 heavy (non-hydrogen) atoms. The molecule has 0 atom stereocenters. The van der Waals surface area contributed by atoms with Crippen molar-refractivity contribution < 1.29 is 13.2 Å². The number of halogens is 3. The first-order valence-corrected chi connectivity index (χ1v) is 4.38. The second-order valence-corrected chi connectivity index (χ2v) is 3.16. The Morgan fingerprint density at radius 2 is 2.00 bits per heavy atom. The monoisotopic (exact) mass is 228 g/mol. The van der Waals surface area contributed by atoms with Gasteiger partial charge in [0.15, 0.2) is 0 Å². The zero-order valence-corrected chi connectivity index (χ0v) is 8.21. The van der Waals surface area contributed by atoms with Crippen LogP contribution in [0.3, 0.4) is 0 Å². The van der Waals surface area contributed by atoms with Crippen molar-refractivity contribution in [2.75, 3.05) is 0 Å². The lowest BCUT2D eigenvalue weighted by Crippen LogP contribution is -2.07. The summed E-state index contributed by atoms with van der Waals surface area (Å²) < 4.78 is 37.4. The van der Waals surface area contributed by atoms with Crippen LogP contribution in [-0.4, -0.2) is 20.2 Å². The molecule has 1 N–H and O–H groups in total. The van der Waals surface area contributed by atoms with Gasteiger partial charge in [-0.3, -0.25) is 15.1 Å². The van der Waals surface area contributed by atoms with Crippen LogP contribution in [-0.2, 0) is 6.18 Å². The zero-order valence-electron chi connectivity index (χ0n) is 8.21. The summed E-state index contributed by atoms with van der Waals surface area (Å²) >= 11 is 0. The van der Waals surface area contributed by atoms with Crippen molar-refractivity contribution in [3.8, 4) is 11.4 Å². The lowest BCUT2D eigenvalue weighted by Gasteiger charge is -2.03. The van der Waals surface area contributed by atoms with Gasteiger partial charge in [-0.25, -0.2) is 0 Å². The van der Waals surface area contributed by atoms with Gasteiger partial charge in [-0.05, 0) is 6.92 Å². The number of nitrogens with one attached hydrogen (secondary N) is 1. The first-order chi connectivity index (χ1) is 7.50. The van der Waals surface area contributed by atoms with E-state index >= 15 is 0 Å². The van der Waals surface area contributed by atoms with E-state index in [1.807, 2.05) is 5.10 Å². The molecule has 84 valence electrons. The Balaban J connectivity index is 2.50. The lowest BCUT2D eigenvalue weighted by atomic mass is 10.1. The fourth-order valence-electron chi connectivity index (χ4n) is 1.34. The molecular formula is C9H7F3N4. The molecule has 0 saturated carbocycles. The Bertz CT molecular complexity index is 489. The first kappa shape index (κ1) is 10.6. The summed E-state index contributed by atoms with van der Waals surface area (Å²) in [4.78, 5) is 7.67. The second-order valence-electron chi connectivity index (χ2n) is 3.16. The van der Waals surface area contributed by atoms with E-state index in [4.69, 9.17) is 0 Å². The van der Waals surface area contributed by atoms with Crippen LogP contribution in [0.15, 0.2) is 18.6 Å². The van der Waals surface area contributed by atoms with Gasteiger partial charge in [0.05, 0.1) is 6.20 Å². The molecule has 0 fully saturated rings. The normalized spacial score (nSPS) is 11.8. The highest BCUT2D eigenvalue weighted by Gasteiger charge is 2.36. The van der Waals surface area contributed by atoms with Gasteiger partial charge >= 0.3 is 6.18 Å². The average molecular weight is 228 g/mol. The molecule has 0 aliphatic carbocycles. The van der Waals surface area contributed by atoms with Gasteiger partial charge in [0, 0.05) is 18.0 Å². The molecule has 2 aromatic rings. The van der Waals surface area contributed by atoms with E-state index in [1.54, 1.807) is 0 Å². The SMILES string of the molecule is Cc1c(-c2cnccn2)n[nH]c1C(F)(F)F. The third-order valence-electron chi connectivity index (χ3n) is 2.10. The predicted molar refractivity (Wildman–Crippen MR) is 49.4 cm³/mol.